The van der Waals surface area contributed by atoms with Crippen LogP contribution in [0, 0.1) is 0 Å². The minimum atomic E-state index is -1.98. The third-order valence-corrected chi connectivity index (χ3v) is 14.4. The van der Waals surface area contributed by atoms with E-state index in [1.807, 2.05) is 6.08 Å². The van der Waals surface area contributed by atoms with Crippen molar-refractivity contribution in [3.05, 3.63) is 48.6 Å². The van der Waals surface area contributed by atoms with Crippen LogP contribution < -0.4 is 5.32 Å². The number of unbranched alkanes of at least 4 members (excludes halogenated alkanes) is 19. The summed E-state index contributed by atoms with van der Waals surface area (Å²) in [5.41, 5.74) is 0. The summed E-state index contributed by atoms with van der Waals surface area (Å²) in [4.78, 5) is 13.3. The smallest absolute Gasteiger partial charge is 0.220 e. The summed E-state index contributed by atoms with van der Waals surface area (Å²) in [7, 11) is 0. The second-order valence-electron chi connectivity index (χ2n) is 20.8. The normalized spacial score (nSPS) is 31.3. The average Bonchev–Trinajstić information content (AvgIpc) is 3.42. The fourth-order valence-corrected chi connectivity index (χ4v) is 9.55. The van der Waals surface area contributed by atoms with Crippen molar-refractivity contribution >= 4 is 5.91 Å². The van der Waals surface area contributed by atoms with E-state index in [1.165, 1.54) is 70.6 Å². The molecular formula is C57H101NO18. The van der Waals surface area contributed by atoms with Crippen molar-refractivity contribution in [1.29, 1.82) is 0 Å². The Morgan fingerprint density at radius 2 is 0.868 bits per heavy atom. The van der Waals surface area contributed by atoms with Gasteiger partial charge in [0, 0.05) is 6.42 Å². The molecule has 12 N–H and O–H groups in total. The quantitative estimate of drug-likeness (QED) is 0.0300. The molecule has 0 bridgehead atoms. The Kier molecular flexibility index (Phi) is 36.6. The molecule has 3 aliphatic heterocycles. The fourth-order valence-electron chi connectivity index (χ4n) is 9.55. The Labute approximate surface area is 453 Å². The first-order valence-electron chi connectivity index (χ1n) is 28.9. The molecule has 0 spiro atoms. The number of allylic oxidation sites excluding steroid dienone is 7. The van der Waals surface area contributed by atoms with E-state index in [4.69, 9.17) is 28.4 Å². The number of aliphatic hydroxyl groups excluding tert-OH is 11. The fraction of sp³-hybridized carbons (Fsp3) is 0.842. The molecule has 0 aromatic rings. The second-order valence-corrected chi connectivity index (χ2v) is 20.8. The number of hydrogen-bond donors (Lipinski definition) is 12. The molecule has 0 aromatic carbocycles. The van der Waals surface area contributed by atoms with Crippen LogP contribution >= 0.6 is 0 Å². The maximum absolute atomic E-state index is 13.3. The summed E-state index contributed by atoms with van der Waals surface area (Å²) in [5.74, 6) is -0.289. The minimum absolute atomic E-state index is 0.233. The molecule has 76 heavy (non-hydrogen) atoms. The third-order valence-electron chi connectivity index (χ3n) is 14.4. The monoisotopic (exact) mass is 1090 g/mol. The first kappa shape index (κ1) is 68.0. The minimum Gasteiger partial charge on any atom is -0.394 e. The number of aliphatic hydroxyl groups is 11. The molecule has 0 radical (unpaired) electrons. The maximum Gasteiger partial charge on any atom is 0.220 e. The molecule has 19 nitrogen and oxygen atoms in total. The Bertz CT molecular complexity index is 1580. The van der Waals surface area contributed by atoms with Gasteiger partial charge in [0.1, 0.15) is 73.2 Å². The van der Waals surface area contributed by atoms with Crippen molar-refractivity contribution in [2.45, 2.75) is 279 Å². The molecule has 3 aliphatic rings. The van der Waals surface area contributed by atoms with Crippen LogP contribution in [-0.4, -0.2) is 193 Å². The lowest BCUT2D eigenvalue weighted by Gasteiger charge is -2.48. The summed E-state index contributed by atoms with van der Waals surface area (Å²) in [6.45, 7) is 1.63. The van der Waals surface area contributed by atoms with Gasteiger partial charge in [-0.05, 0) is 57.8 Å². The van der Waals surface area contributed by atoms with Gasteiger partial charge in [0.2, 0.25) is 5.91 Å². The SMILES string of the molecule is CCCCCCC/C=C\C/C=C\C/C=C\CCCCCCCCCCC(=O)NC(COC1OC(CO)C(OC2OC(CO)C(OC3OC(CO)C(O)C(O)C3O)C(O)C2O)C(O)C1O)C(O)/C=C/CCCCCCCC. The van der Waals surface area contributed by atoms with E-state index in [1.54, 1.807) is 6.08 Å². The molecule has 1 amide bonds. The zero-order valence-corrected chi connectivity index (χ0v) is 45.7. The van der Waals surface area contributed by atoms with Gasteiger partial charge >= 0.3 is 0 Å². The van der Waals surface area contributed by atoms with Crippen LogP contribution in [-0.2, 0) is 33.2 Å². The maximum atomic E-state index is 13.3. The Hall–Kier alpha value is -2.25. The summed E-state index contributed by atoms with van der Waals surface area (Å²) in [5, 5.41) is 120. The van der Waals surface area contributed by atoms with E-state index >= 15 is 0 Å². The van der Waals surface area contributed by atoms with Crippen LogP contribution in [0.2, 0.25) is 0 Å². The summed E-state index contributed by atoms with van der Waals surface area (Å²) in [6, 6.07) is -0.975. The molecule has 0 aliphatic carbocycles. The number of carbonyl (C=O) groups excluding carboxylic acids is 1. The molecule has 19 heteroatoms. The summed E-state index contributed by atoms with van der Waals surface area (Å²) in [6.07, 6.45) is 17.0. The van der Waals surface area contributed by atoms with Gasteiger partial charge in [-0.1, -0.05) is 159 Å². The second kappa shape index (κ2) is 40.9. The number of amides is 1. The van der Waals surface area contributed by atoms with Crippen LogP contribution in [0.4, 0.5) is 0 Å². The molecular weight excluding hydrogens is 987 g/mol. The number of nitrogens with one attached hydrogen (secondary N) is 1. The lowest BCUT2D eigenvalue weighted by Crippen LogP contribution is -2.66. The molecule has 442 valence electrons. The van der Waals surface area contributed by atoms with Gasteiger partial charge in [0.25, 0.3) is 0 Å². The van der Waals surface area contributed by atoms with Crippen LogP contribution in [0.3, 0.4) is 0 Å². The van der Waals surface area contributed by atoms with E-state index in [0.717, 1.165) is 77.0 Å². The molecule has 17 atom stereocenters. The van der Waals surface area contributed by atoms with Gasteiger partial charge in [-0.3, -0.25) is 4.79 Å². The highest BCUT2D eigenvalue weighted by Gasteiger charge is 2.53. The largest absolute Gasteiger partial charge is 0.394 e. The summed E-state index contributed by atoms with van der Waals surface area (Å²) >= 11 is 0. The van der Waals surface area contributed by atoms with Crippen molar-refractivity contribution in [3.63, 3.8) is 0 Å². The molecule has 0 aromatic heterocycles. The first-order chi connectivity index (χ1) is 36.8. The van der Waals surface area contributed by atoms with Gasteiger partial charge in [-0.2, -0.15) is 0 Å². The Balaban J connectivity index is 1.45. The lowest BCUT2D eigenvalue weighted by molar-refractivity contribution is -0.379. The molecule has 3 heterocycles. The Morgan fingerprint density at radius 3 is 1.36 bits per heavy atom. The molecule has 0 saturated carbocycles. The Morgan fingerprint density at radius 1 is 0.474 bits per heavy atom. The van der Waals surface area contributed by atoms with Gasteiger partial charge < -0.3 is 89.9 Å². The highest BCUT2D eigenvalue weighted by molar-refractivity contribution is 5.76. The first-order valence-corrected chi connectivity index (χ1v) is 28.9. The highest BCUT2D eigenvalue weighted by Crippen LogP contribution is 2.33. The predicted molar refractivity (Wildman–Crippen MR) is 286 cm³/mol. The van der Waals surface area contributed by atoms with Gasteiger partial charge in [0.15, 0.2) is 18.9 Å². The number of ether oxygens (including phenoxy) is 6. The predicted octanol–water partition coefficient (Wildman–Crippen LogP) is 4.31. The standard InChI is InChI=1S/C57H101NO18/c1-3-5-7-9-11-13-14-15-16-17-18-19-20-21-22-23-24-25-26-27-29-31-33-35-45(63)58-40(41(62)34-32-30-28-12-10-8-6-4-2)39-71-55-51(69)48(66)53(43(37-60)73-55)76-57-52(70)49(67)54(44(38-61)74-57)75-56-50(68)47(65)46(64)42(36-59)72-56/h14-15,17-18,20-21,32,34,40-44,46-57,59-62,64-70H,3-13,16,19,22-31,33,35-39H2,1-2H3,(H,58,63)/b15-14-,18-17-,21-20-,34-32+. The van der Waals surface area contributed by atoms with E-state index in [2.05, 4.69) is 55.6 Å². The molecule has 3 rings (SSSR count). The zero-order valence-electron chi connectivity index (χ0n) is 45.7. The molecule has 3 saturated heterocycles. The van der Waals surface area contributed by atoms with Crippen LogP contribution in [0.1, 0.15) is 174 Å². The van der Waals surface area contributed by atoms with Crippen molar-refractivity contribution in [1.82, 2.24) is 5.32 Å². The van der Waals surface area contributed by atoms with Crippen molar-refractivity contribution in [2.24, 2.45) is 0 Å². The van der Waals surface area contributed by atoms with Crippen LogP contribution in [0.5, 0.6) is 0 Å². The number of carbonyl (C=O) groups is 1. The van der Waals surface area contributed by atoms with Crippen LogP contribution in [0.15, 0.2) is 48.6 Å². The zero-order chi connectivity index (χ0) is 55.5. The highest BCUT2D eigenvalue weighted by atomic mass is 16.8. The number of hydrogen-bond acceptors (Lipinski definition) is 18. The van der Waals surface area contributed by atoms with Crippen molar-refractivity contribution < 1.29 is 89.4 Å². The number of rotatable bonds is 41. The topological polar surface area (TPSA) is 307 Å². The molecule has 3 fully saturated rings. The van der Waals surface area contributed by atoms with E-state index in [9.17, 15) is 61.0 Å². The third kappa shape index (κ3) is 25.0. The summed E-state index contributed by atoms with van der Waals surface area (Å²) < 4.78 is 34.1. The van der Waals surface area contributed by atoms with Gasteiger partial charge in [0.05, 0.1) is 38.6 Å². The van der Waals surface area contributed by atoms with E-state index in [0.29, 0.717) is 6.42 Å². The van der Waals surface area contributed by atoms with Gasteiger partial charge in [-0.25, -0.2) is 0 Å². The molecule has 17 unspecified atom stereocenters. The van der Waals surface area contributed by atoms with E-state index < -0.39 is 124 Å². The van der Waals surface area contributed by atoms with E-state index in [-0.39, 0.29) is 18.9 Å². The van der Waals surface area contributed by atoms with Crippen LogP contribution in [0.25, 0.3) is 0 Å². The average molecular weight is 1090 g/mol. The van der Waals surface area contributed by atoms with Gasteiger partial charge in [-0.15, -0.1) is 0 Å². The lowest BCUT2D eigenvalue weighted by atomic mass is 9.96. The van der Waals surface area contributed by atoms with Crippen molar-refractivity contribution in [3.8, 4) is 0 Å². The van der Waals surface area contributed by atoms with Crippen molar-refractivity contribution in [2.75, 3.05) is 26.4 Å².